The molecule has 0 saturated carbocycles. The van der Waals surface area contributed by atoms with E-state index in [0.717, 1.165) is 0 Å². The summed E-state index contributed by atoms with van der Waals surface area (Å²) in [5.74, 6) is 0. The summed E-state index contributed by atoms with van der Waals surface area (Å²) in [7, 11) is 0. The zero-order valence-corrected chi connectivity index (χ0v) is 8.69. The van der Waals surface area contributed by atoms with E-state index >= 15 is 0 Å². The summed E-state index contributed by atoms with van der Waals surface area (Å²) in [6.07, 6.45) is -2.90. The molecule has 0 saturated heterocycles. The maximum absolute atomic E-state index is 12.1. The largest absolute Gasteiger partial charge is 0.324 e. The van der Waals surface area contributed by atoms with Crippen molar-refractivity contribution in [1.29, 1.82) is 0 Å². The molecule has 0 amide bonds. The van der Waals surface area contributed by atoms with Crippen molar-refractivity contribution in [1.82, 2.24) is 0 Å². The van der Waals surface area contributed by atoms with Crippen molar-refractivity contribution >= 4 is 23.2 Å². The van der Waals surface area contributed by atoms with Crippen LogP contribution >= 0.6 is 23.2 Å². The van der Waals surface area contributed by atoms with Crippen molar-refractivity contribution in [2.45, 2.75) is 18.9 Å². The van der Waals surface area contributed by atoms with Gasteiger partial charge in [-0.15, -0.1) is 0 Å². The van der Waals surface area contributed by atoms with E-state index in [1.807, 2.05) is 0 Å². The standard InChI is InChI=1S/C9H9Cl2F2N/c10-5-2-1-3-6(11)9(5)7(14)4-8(12)13/h1-3,7-8H,4,14H2/t7-/m1/s1. The maximum Gasteiger partial charge on any atom is 0.240 e. The SMILES string of the molecule is N[C@H](CC(F)F)c1c(Cl)cccc1Cl. The van der Waals surface area contributed by atoms with Gasteiger partial charge >= 0.3 is 0 Å². The van der Waals surface area contributed by atoms with E-state index in [1.54, 1.807) is 18.2 Å². The molecular weight excluding hydrogens is 231 g/mol. The Morgan fingerprint density at radius 1 is 1.21 bits per heavy atom. The van der Waals surface area contributed by atoms with Crippen LogP contribution in [0.3, 0.4) is 0 Å². The first kappa shape index (κ1) is 11.7. The zero-order chi connectivity index (χ0) is 10.7. The van der Waals surface area contributed by atoms with Gasteiger partial charge in [0, 0.05) is 28.1 Å². The van der Waals surface area contributed by atoms with Crippen LogP contribution in [0.2, 0.25) is 10.0 Å². The zero-order valence-electron chi connectivity index (χ0n) is 7.18. The highest BCUT2D eigenvalue weighted by molar-refractivity contribution is 6.36. The van der Waals surface area contributed by atoms with Gasteiger partial charge in [-0.2, -0.15) is 0 Å². The third kappa shape index (κ3) is 2.80. The molecule has 1 aromatic carbocycles. The number of halogens is 4. The summed E-state index contributed by atoms with van der Waals surface area (Å²) < 4.78 is 24.1. The minimum Gasteiger partial charge on any atom is -0.324 e. The highest BCUT2D eigenvalue weighted by atomic mass is 35.5. The molecule has 0 radical (unpaired) electrons. The molecule has 0 bridgehead atoms. The van der Waals surface area contributed by atoms with Gasteiger partial charge in [-0.05, 0) is 12.1 Å². The topological polar surface area (TPSA) is 26.0 Å². The van der Waals surface area contributed by atoms with Crippen LogP contribution in [0.25, 0.3) is 0 Å². The van der Waals surface area contributed by atoms with E-state index in [0.29, 0.717) is 15.6 Å². The Balaban J connectivity index is 2.94. The number of alkyl halides is 2. The number of benzene rings is 1. The summed E-state index contributed by atoms with van der Waals surface area (Å²) in [5, 5.41) is 0.649. The molecular formula is C9H9Cl2F2N. The molecule has 0 unspecified atom stereocenters. The fraction of sp³-hybridized carbons (Fsp3) is 0.333. The molecule has 0 aliphatic heterocycles. The molecule has 1 aromatic rings. The normalized spacial score (nSPS) is 13.3. The Morgan fingerprint density at radius 2 is 1.71 bits per heavy atom. The summed E-state index contributed by atoms with van der Waals surface area (Å²) in [4.78, 5) is 0. The van der Waals surface area contributed by atoms with Crippen molar-refractivity contribution in [2.24, 2.45) is 5.73 Å². The number of hydrogen-bond donors (Lipinski definition) is 1. The lowest BCUT2D eigenvalue weighted by Gasteiger charge is -2.14. The van der Waals surface area contributed by atoms with Gasteiger partial charge < -0.3 is 5.73 Å². The Hall–Kier alpha value is -0.380. The van der Waals surface area contributed by atoms with Gasteiger partial charge in [-0.25, -0.2) is 8.78 Å². The van der Waals surface area contributed by atoms with Crippen molar-refractivity contribution in [3.8, 4) is 0 Å². The van der Waals surface area contributed by atoms with Gasteiger partial charge in [0.25, 0.3) is 0 Å². The molecule has 0 fully saturated rings. The van der Waals surface area contributed by atoms with Crippen LogP contribution in [-0.2, 0) is 0 Å². The van der Waals surface area contributed by atoms with Gasteiger partial charge in [0.1, 0.15) is 0 Å². The number of nitrogens with two attached hydrogens (primary N) is 1. The van der Waals surface area contributed by atoms with Gasteiger partial charge in [-0.3, -0.25) is 0 Å². The average Bonchev–Trinajstić information content (AvgIpc) is 2.01. The third-order valence-corrected chi connectivity index (χ3v) is 2.46. The van der Waals surface area contributed by atoms with Crippen LogP contribution < -0.4 is 5.73 Å². The van der Waals surface area contributed by atoms with E-state index in [4.69, 9.17) is 28.9 Å². The quantitative estimate of drug-likeness (QED) is 0.857. The summed E-state index contributed by atoms with van der Waals surface area (Å²) in [6.45, 7) is 0. The average molecular weight is 240 g/mol. The summed E-state index contributed by atoms with van der Waals surface area (Å²) in [5.41, 5.74) is 5.93. The van der Waals surface area contributed by atoms with Crippen molar-refractivity contribution < 1.29 is 8.78 Å². The Morgan fingerprint density at radius 3 is 2.14 bits per heavy atom. The molecule has 78 valence electrons. The van der Waals surface area contributed by atoms with E-state index in [1.165, 1.54) is 0 Å². The highest BCUT2D eigenvalue weighted by Crippen LogP contribution is 2.31. The van der Waals surface area contributed by atoms with E-state index in [2.05, 4.69) is 0 Å². The van der Waals surface area contributed by atoms with Crippen LogP contribution in [0.4, 0.5) is 8.78 Å². The van der Waals surface area contributed by atoms with Crippen molar-refractivity contribution in [3.05, 3.63) is 33.8 Å². The van der Waals surface area contributed by atoms with E-state index in [-0.39, 0.29) is 0 Å². The van der Waals surface area contributed by atoms with Gasteiger partial charge in [0.15, 0.2) is 0 Å². The molecule has 2 N–H and O–H groups in total. The fourth-order valence-corrected chi connectivity index (χ4v) is 1.85. The lowest BCUT2D eigenvalue weighted by Crippen LogP contribution is -2.14. The maximum atomic E-state index is 12.1. The Labute approximate surface area is 90.8 Å². The smallest absolute Gasteiger partial charge is 0.240 e. The molecule has 0 aliphatic carbocycles. The van der Waals surface area contributed by atoms with Crippen molar-refractivity contribution in [2.75, 3.05) is 0 Å². The number of rotatable bonds is 3. The van der Waals surface area contributed by atoms with Crippen LogP contribution in [0, 0.1) is 0 Å². The predicted molar refractivity (Wildman–Crippen MR) is 54.0 cm³/mol. The lowest BCUT2D eigenvalue weighted by atomic mass is 10.1. The second-order valence-corrected chi connectivity index (χ2v) is 3.68. The lowest BCUT2D eigenvalue weighted by molar-refractivity contribution is 0.128. The third-order valence-electron chi connectivity index (χ3n) is 1.80. The second kappa shape index (κ2) is 4.91. The van der Waals surface area contributed by atoms with Gasteiger partial charge in [0.05, 0.1) is 0 Å². The Bertz CT molecular complexity index is 297. The molecule has 1 nitrogen and oxygen atoms in total. The molecule has 0 heterocycles. The van der Waals surface area contributed by atoms with Crippen LogP contribution in [0.5, 0.6) is 0 Å². The minimum absolute atomic E-state index is 0.325. The fourth-order valence-electron chi connectivity index (χ4n) is 1.17. The van der Waals surface area contributed by atoms with Crippen LogP contribution in [0.1, 0.15) is 18.0 Å². The van der Waals surface area contributed by atoms with E-state index in [9.17, 15) is 8.78 Å². The highest BCUT2D eigenvalue weighted by Gasteiger charge is 2.17. The van der Waals surface area contributed by atoms with Gasteiger partial charge in [0.2, 0.25) is 6.43 Å². The molecule has 5 heteroatoms. The summed E-state index contributed by atoms with van der Waals surface area (Å²) in [6, 6.07) is 3.97. The molecule has 14 heavy (non-hydrogen) atoms. The molecule has 1 atom stereocenters. The minimum atomic E-state index is -2.46. The predicted octanol–water partition coefficient (Wildman–Crippen LogP) is 3.65. The second-order valence-electron chi connectivity index (χ2n) is 2.87. The van der Waals surface area contributed by atoms with Crippen molar-refractivity contribution in [3.63, 3.8) is 0 Å². The first-order chi connectivity index (χ1) is 6.52. The molecule has 0 aromatic heterocycles. The van der Waals surface area contributed by atoms with E-state index < -0.39 is 18.9 Å². The first-order valence-electron chi connectivity index (χ1n) is 4.00. The first-order valence-corrected chi connectivity index (χ1v) is 4.75. The van der Waals surface area contributed by atoms with Gasteiger partial charge in [-0.1, -0.05) is 29.3 Å². The monoisotopic (exact) mass is 239 g/mol. The molecule has 0 spiro atoms. The molecule has 0 aliphatic rings. The number of hydrogen-bond acceptors (Lipinski definition) is 1. The van der Waals surface area contributed by atoms with Crippen LogP contribution in [-0.4, -0.2) is 6.43 Å². The molecule has 1 rings (SSSR count). The Kier molecular flexibility index (Phi) is 4.11. The summed E-state index contributed by atoms with van der Waals surface area (Å²) >= 11 is 11.6. The van der Waals surface area contributed by atoms with Crippen LogP contribution in [0.15, 0.2) is 18.2 Å².